The number of halogens is 2. The van der Waals surface area contributed by atoms with E-state index in [9.17, 15) is 9.59 Å². The molecule has 0 heterocycles. The standard InChI is InChI=1S/C25H32Cl2N2O3/c1-4-18(3)28-25(31)23(5-2)29(17-19-9-6-7-10-22(19)27)24(30)11-8-16-32-21-14-12-20(26)13-15-21/h6-7,9-10,12-15,18,23H,4-5,8,11,16-17H2,1-3H3,(H,28,31)/t18-,23-/m0/s1. The zero-order valence-corrected chi connectivity index (χ0v) is 20.5. The summed E-state index contributed by atoms with van der Waals surface area (Å²) in [5.41, 5.74) is 0.815. The Morgan fingerprint density at radius 3 is 2.34 bits per heavy atom. The maximum absolute atomic E-state index is 13.2. The lowest BCUT2D eigenvalue weighted by Crippen LogP contribution is -2.50. The van der Waals surface area contributed by atoms with Crippen LogP contribution < -0.4 is 10.1 Å². The molecule has 32 heavy (non-hydrogen) atoms. The van der Waals surface area contributed by atoms with Crippen molar-refractivity contribution in [3.8, 4) is 5.75 Å². The third-order valence-corrected chi connectivity index (χ3v) is 5.92. The lowest BCUT2D eigenvalue weighted by Gasteiger charge is -2.31. The van der Waals surface area contributed by atoms with Crippen LogP contribution in [0.5, 0.6) is 5.75 Å². The van der Waals surface area contributed by atoms with Crippen LogP contribution in [0.3, 0.4) is 0 Å². The van der Waals surface area contributed by atoms with Crippen molar-refractivity contribution in [1.82, 2.24) is 10.2 Å². The molecule has 2 aromatic carbocycles. The molecule has 5 nitrogen and oxygen atoms in total. The van der Waals surface area contributed by atoms with Crippen LogP contribution >= 0.6 is 23.2 Å². The number of hydrogen-bond acceptors (Lipinski definition) is 3. The molecule has 2 amide bonds. The number of hydrogen-bond donors (Lipinski definition) is 1. The van der Waals surface area contributed by atoms with Crippen molar-refractivity contribution in [3.63, 3.8) is 0 Å². The number of benzene rings is 2. The first kappa shape index (κ1) is 26.0. The van der Waals surface area contributed by atoms with E-state index in [0.717, 1.165) is 12.0 Å². The van der Waals surface area contributed by atoms with E-state index in [1.807, 2.05) is 39.0 Å². The van der Waals surface area contributed by atoms with Gasteiger partial charge in [0, 0.05) is 29.1 Å². The number of carbonyl (C=O) groups is 2. The van der Waals surface area contributed by atoms with E-state index < -0.39 is 6.04 Å². The van der Waals surface area contributed by atoms with Crippen molar-refractivity contribution in [2.24, 2.45) is 0 Å². The number of ether oxygens (including phenoxy) is 1. The van der Waals surface area contributed by atoms with Crippen molar-refractivity contribution in [1.29, 1.82) is 0 Å². The van der Waals surface area contributed by atoms with Crippen LogP contribution in [0.25, 0.3) is 0 Å². The first-order valence-electron chi connectivity index (χ1n) is 11.1. The first-order chi connectivity index (χ1) is 15.3. The van der Waals surface area contributed by atoms with Gasteiger partial charge in [0.1, 0.15) is 11.8 Å². The van der Waals surface area contributed by atoms with Gasteiger partial charge in [0.15, 0.2) is 0 Å². The molecule has 0 aromatic heterocycles. The number of amides is 2. The summed E-state index contributed by atoms with van der Waals surface area (Å²) in [4.78, 5) is 27.8. The fourth-order valence-electron chi connectivity index (χ4n) is 3.26. The van der Waals surface area contributed by atoms with Gasteiger partial charge in [0.25, 0.3) is 0 Å². The fourth-order valence-corrected chi connectivity index (χ4v) is 3.58. The monoisotopic (exact) mass is 478 g/mol. The third kappa shape index (κ3) is 8.03. The summed E-state index contributed by atoms with van der Waals surface area (Å²) in [7, 11) is 0. The van der Waals surface area contributed by atoms with Crippen LogP contribution in [-0.4, -0.2) is 35.4 Å². The van der Waals surface area contributed by atoms with E-state index in [-0.39, 0.29) is 30.8 Å². The Labute approximate surface area is 201 Å². The molecule has 0 saturated carbocycles. The molecule has 0 fully saturated rings. The fraction of sp³-hybridized carbons (Fsp3) is 0.440. The number of rotatable bonds is 12. The van der Waals surface area contributed by atoms with E-state index in [0.29, 0.717) is 35.2 Å². The second-order valence-corrected chi connectivity index (χ2v) is 8.60. The molecule has 174 valence electrons. The van der Waals surface area contributed by atoms with Crippen LogP contribution in [0.15, 0.2) is 48.5 Å². The van der Waals surface area contributed by atoms with E-state index in [4.69, 9.17) is 27.9 Å². The largest absolute Gasteiger partial charge is 0.494 e. The summed E-state index contributed by atoms with van der Waals surface area (Å²) in [6, 6.07) is 14.0. The van der Waals surface area contributed by atoms with Crippen molar-refractivity contribution in [3.05, 3.63) is 64.1 Å². The predicted octanol–water partition coefficient (Wildman–Crippen LogP) is 5.87. The molecule has 0 saturated heterocycles. The molecule has 0 spiro atoms. The Balaban J connectivity index is 2.07. The minimum Gasteiger partial charge on any atom is -0.494 e. The SMILES string of the molecule is CC[C@H](C)NC(=O)[C@H](CC)N(Cc1ccccc1Cl)C(=O)CCCOc1ccc(Cl)cc1. The highest BCUT2D eigenvalue weighted by Gasteiger charge is 2.29. The molecular weight excluding hydrogens is 447 g/mol. The van der Waals surface area contributed by atoms with Gasteiger partial charge in [0.2, 0.25) is 11.8 Å². The predicted molar refractivity (Wildman–Crippen MR) is 130 cm³/mol. The van der Waals surface area contributed by atoms with E-state index in [2.05, 4.69) is 5.32 Å². The van der Waals surface area contributed by atoms with Gasteiger partial charge in [0.05, 0.1) is 6.61 Å². The Bertz CT molecular complexity index is 874. The summed E-state index contributed by atoms with van der Waals surface area (Å²) >= 11 is 12.2. The summed E-state index contributed by atoms with van der Waals surface area (Å²) in [5, 5.41) is 4.23. The molecule has 2 aromatic rings. The van der Waals surface area contributed by atoms with Crippen LogP contribution in [0.1, 0.15) is 52.0 Å². The summed E-state index contributed by atoms with van der Waals surface area (Å²) in [5.74, 6) is 0.463. The topological polar surface area (TPSA) is 58.6 Å². The highest BCUT2D eigenvalue weighted by atomic mass is 35.5. The van der Waals surface area contributed by atoms with Crippen LogP contribution in [0, 0.1) is 0 Å². The minimum atomic E-state index is -0.565. The van der Waals surface area contributed by atoms with Gasteiger partial charge in [-0.1, -0.05) is 55.2 Å². The Hall–Kier alpha value is -2.24. The molecule has 0 aliphatic rings. The normalized spacial score (nSPS) is 12.7. The maximum Gasteiger partial charge on any atom is 0.243 e. The van der Waals surface area contributed by atoms with Gasteiger partial charge >= 0.3 is 0 Å². The Kier molecular flexibility index (Phi) is 10.8. The number of nitrogens with one attached hydrogen (secondary N) is 1. The molecule has 0 unspecified atom stereocenters. The Morgan fingerprint density at radius 1 is 1.03 bits per heavy atom. The van der Waals surface area contributed by atoms with Crippen molar-refractivity contribution in [2.45, 2.75) is 65.1 Å². The molecule has 0 aliphatic carbocycles. The van der Waals surface area contributed by atoms with Crippen LogP contribution in [0.2, 0.25) is 10.0 Å². The quantitative estimate of drug-likeness (QED) is 0.387. The maximum atomic E-state index is 13.2. The zero-order valence-electron chi connectivity index (χ0n) is 18.9. The highest BCUT2D eigenvalue weighted by molar-refractivity contribution is 6.31. The summed E-state index contributed by atoms with van der Waals surface area (Å²) < 4.78 is 5.70. The molecule has 0 radical (unpaired) electrons. The van der Waals surface area contributed by atoms with Gasteiger partial charge in [-0.15, -0.1) is 0 Å². The van der Waals surface area contributed by atoms with Gasteiger partial charge in [-0.3, -0.25) is 9.59 Å². The number of carbonyl (C=O) groups excluding carboxylic acids is 2. The average molecular weight is 479 g/mol. The third-order valence-electron chi connectivity index (χ3n) is 5.30. The second kappa shape index (κ2) is 13.3. The molecule has 0 aliphatic heterocycles. The van der Waals surface area contributed by atoms with E-state index in [1.54, 1.807) is 35.2 Å². The number of nitrogens with zero attached hydrogens (tertiary/aromatic N) is 1. The second-order valence-electron chi connectivity index (χ2n) is 7.76. The minimum absolute atomic E-state index is 0.0431. The molecule has 2 rings (SSSR count). The van der Waals surface area contributed by atoms with Crippen molar-refractivity contribution >= 4 is 35.0 Å². The highest BCUT2D eigenvalue weighted by Crippen LogP contribution is 2.21. The Morgan fingerprint density at radius 2 is 1.72 bits per heavy atom. The smallest absolute Gasteiger partial charge is 0.243 e. The molecule has 2 atom stereocenters. The van der Waals surface area contributed by atoms with Crippen LogP contribution in [-0.2, 0) is 16.1 Å². The van der Waals surface area contributed by atoms with Gasteiger partial charge in [-0.25, -0.2) is 0 Å². The van der Waals surface area contributed by atoms with E-state index in [1.165, 1.54) is 0 Å². The summed E-state index contributed by atoms with van der Waals surface area (Å²) in [6.45, 7) is 6.56. The van der Waals surface area contributed by atoms with Crippen molar-refractivity contribution in [2.75, 3.05) is 6.61 Å². The van der Waals surface area contributed by atoms with Gasteiger partial charge in [-0.2, -0.15) is 0 Å². The summed E-state index contributed by atoms with van der Waals surface area (Å²) in [6.07, 6.45) is 2.14. The lowest BCUT2D eigenvalue weighted by atomic mass is 10.1. The lowest BCUT2D eigenvalue weighted by molar-refractivity contribution is -0.141. The van der Waals surface area contributed by atoms with E-state index >= 15 is 0 Å². The molecule has 0 bridgehead atoms. The first-order valence-corrected chi connectivity index (χ1v) is 11.8. The molecular formula is C25H32Cl2N2O3. The van der Waals surface area contributed by atoms with Gasteiger partial charge < -0.3 is 15.0 Å². The molecule has 7 heteroatoms. The molecule has 1 N–H and O–H groups in total. The van der Waals surface area contributed by atoms with Crippen molar-refractivity contribution < 1.29 is 14.3 Å². The zero-order chi connectivity index (χ0) is 23.5. The van der Waals surface area contributed by atoms with Crippen LogP contribution in [0.4, 0.5) is 0 Å². The average Bonchev–Trinajstić information content (AvgIpc) is 2.78. The van der Waals surface area contributed by atoms with Gasteiger partial charge in [-0.05, 0) is 62.1 Å².